The van der Waals surface area contributed by atoms with E-state index in [1.807, 2.05) is 24.3 Å². The van der Waals surface area contributed by atoms with Crippen LogP contribution >= 0.6 is 11.6 Å². The lowest BCUT2D eigenvalue weighted by Crippen LogP contribution is -2.49. The first-order valence-corrected chi connectivity index (χ1v) is 11.7. The van der Waals surface area contributed by atoms with Crippen LogP contribution in [0.25, 0.3) is 10.9 Å². The van der Waals surface area contributed by atoms with E-state index < -0.39 is 5.54 Å². The van der Waals surface area contributed by atoms with Gasteiger partial charge in [-0.25, -0.2) is 9.69 Å². The number of nitrogens with one attached hydrogen (secondary N) is 2. The Hall–Kier alpha value is -4.10. The minimum atomic E-state index is -1.12. The molecule has 0 bridgehead atoms. The third-order valence-electron chi connectivity index (χ3n) is 6.94. The van der Waals surface area contributed by atoms with Crippen LogP contribution in [-0.4, -0.2) is 34.3 Å². The second kappa shape index (κ2) is 7.71. The summed E-state index contributed by atoms with van der Waals surface area (Å²) in [5, 5.41) is 4.39. The monoisotopic (exact) mass is 484 g/mol. The summed E-state index contributed by atoms with van der Waals surface area (Å²) in [5.74, 6) is -0.629. The molecule has 35 heavy (non-hydrogen) atoms. The molecular weight excluding hydrogens is 464 g/mol. The Labute approximate surface area is 206 Å². The fourth-order valence-electron chi connectivity index (χ4n) is 5.15. The van der Waals surface area contributed by atoms with Crippen molar-refractivity contribution in [3.05, 3.63) is 94.6 Å². The molecule has 8 heteroatoms. The number of hydrogen-bond donors (Lipinski definition) is 2. The normalized spacial score (nSPS) is 19.1. The molecule has 4 aromatic rings. The number of halogens is 1. The standard InChI is InChI=1S/C27H21ClN4O3/c1-27-23-21(20-7-2-3-8-22(20)30-23)13-14-31(27)26(35)32(25(27)34)19-11-9-16(10-12-19)24(33)29-18-6-4-5-17(28)15-18/h2-12,15,30H,13-14H2,1H3,(H,29,33)/t27-/m0/s1. The lowest BCUT2D eigenvalue weighted by atomic mass is 9.87. The molecule has 6 rings (SSSR count). The maximum atomic E-state index is 13.8. The highest BCUT2D eigenvalue weighted by atomic mass is 35.5. The molecule has 2 N–H and O–H groups in total. The number of imide groups is 1. The molecule has 0 aliphatic carbocycles. The van der Waals surface area contributed by atoms with Gasteiger partial charge in [0.15, 0.2) is 5.54 Å². The molecule has 2 aliphatic rings. The summed E-state index contributed by atoms with van der Waals surface area (Å²) in [5.41, 5.74) is 3.08. The maximum Gasteiger partial charge on any atom is 0.332 e. The number of para-hydroxylation sites is 1. The number of urea groups is 1. The van der Waals surface area contributed by atoms with Crippen molar-refractivity contribution in [2.45, 2.75) is 18.9 Å². The predicted molar refractivity (Wildman–Crippen MR) is 135 cm³/mol. The molecule has 0 unspecified atom stereocenters. The van der Waals surface area contributed by atoms with E-state index in [9.17, 15) is 14.4 Å². The van der Waals surface area contributed by atoms with Gasteiger partial charge in [0.2, 0.25) is 0 Å². The van der Waals surface area contributed by atoms with E-state index in [0.29, 0.717) is 34.9 Å². The van der Waals surface area contributed by atoms with Gasteiger partial charge in [0, 0.05) is 33.7 Å². The van der Waals surface area contributed by atoms with Gasteiger partial charge in [-0.15, -0.1) is 0 Å². The number of fused-ring (bicyclic) bond motifs is 5. The number of nitrogens with zero attached hydrogens (tertiary/aromatic N) is 2. The molecule has 1 fully saturated rings. The van der Waals surface area contributed by atoms with E-state index in [1.165, 1.54) is 4.90 Å². The Balaban J connectivity index is 1.31. The topological polar surface area (TPSA) is 85.5 Å². The van der Waals surface area contributed by atoms with Crippen molar-refractivity contribution in [1.29, 1.82) is 0 Å². The third kappa shape index (κ3) is 3.15. The van der Waals surface area contributed by atoms with Crippen LogP contribution < -0.4 is 10.2 Å². The number of hydrogen-bond acceptors (Lipinski definition) is 3. The molecule has 174 valence electrons. The SMILES string of the molecule is C[C@]12C(=O)N(c3ccc(C(=O)Nc4cccc(Cl)c4)cc3)C(=O)N1CCc1c2[nH]c2ccccc12. The first-order chi connectivity index (χ1) is 16.9. The quantitative estimate of drug-likeness (QED) is 0.386. The molecule has 0 radical (unpaired) electrons. The average Bonchev–Trinajstić information content (AvgIpc) is 3.33. The number of anilines is 2. The first kappa shape index (κ1) is 21.4. The Morgan fingerprint density at radius 2 is 1.80 bits per heavy atom. The molecule has 2 aliphatic heterocycles. The van der Waals surface area contributed by atoms with Crippen LogP contribution in [0, 0.1) is 0 Å². The Kier molecular flexibility index (Phi) is 4.72. The molecule has 1 atom stereocenters. The van der Waals surface area contributed by atoms with Crippen molar-refractivity contribution < 1.29 is 14.4 Å². The van der Waals surface area contributed by atoms with Crippen LogP contribution in [0.15, 0.2) is 72.8 Å². The van der Waals surface area contributed by atoms with Gasteiger partial charge in [0.25, 0.3) is 11.8 Å². The number of H-pyrrole nitrogens is 1. The van der Waals surface area contributed by atoms with Crippen molar-refractivity contribution in [1.82, 2.24) is 9.88 Å². The maximum absolute atomic E-state index is 13.8. The Bertz CT molecular complexity index is 1530. The zero-order valence-corrected chi connectivity index (χ0v) is 19.6. The van der Waals surface area contributed by atoms with Crippen LogP contribution in [0.3, 0.4) is 0 Å². The highest BCUT2D eigenvalue weighted by molar-refractivity contribution is 6.31. The van der Waals surface area contributed by atoms with Crippen molar-refractivity contribution in [2.75, 3.05) is 16.8 Å². The van der Waals surface area contributed by atoms with Gasteiger partial charge in [0.05, 0.1) is 11.4 Å². The van der Waals surface area contributed by atoms with E-state index >= 15 is 0 Å². The second-order valence-electron chi connectivity index (χ2n) is 8.93. The number of rotatable bonds is 3. The van der Waals surface area contributed by atoms with Gasteiger partial charge in [-0.3, -0.25) is 9.59 Å². The van der Waals surface area contributed by atoms with E-state index in [0.717, 1.165) is 22.2 Å². The van der Waals surface area contributed by atoms with Crippen molar-refractivity contribution >= 4 is 51.7 Å². The van der Waals surface area contributed by atoms with Gasteiger partial charge in [-0.2, -0.15) is 0 Å². The van der Waals surface area contributed by atoms with E-state index in [2.05, 4.69) is 10.3 Å². The van der Waals surface area contributed by atoms with Crippen LogP contribution in [0.5, 0.6) is 0 Å². The summed E-state index contributed by atoms with van der Waals surface area (Å²) in [4.78, 5) is 46.0. The zero-order chi connectivity index (χ0) is 24.3. The molecule has 0 spiro atoms. The molecular formula is C27H21ClN4O3. The minimum Gasteiger partial charge on any atom is -0.356 e. The zero-order valence-electron chi connectivity index (χ0n) is 18.8. The van der Waals surface area contributed by atoms with Gasteiger partial charge < -0.3 is 15.2 Å². The fraction of sp³-hybridized carbons (Fsp3) is 0.148. The summed E-state index contributed by atoms with van der Waals surface area (Å²) >= 11 is 5.99. The molecule has 0 saturated carbocycles. The number of amides is 4. The highest BCUT2D eigenvalue weighted by Gasteiger charge is 2.58. The Morgan fingerprint density at radius 3 is 2.57 bits per heavy atom. The van der Waals surface area contributed by atoms with E-state index in [4.69, 9.17) is 11.6 Å². The van der Waals surface area contributed by atoms with Crippen LogP contribution in [0.1, 0.15) is 28.5 Å². The molecule has 7 nitrogen and oxygen atoms in total. The number of aromatic nitrogens is 1. The number of benzene rings is 3. The third-order valence-corrected chi connectivity index (χ3v) is 7.17. The summed E-state index contributed by atoms with van der Waals surface area (Å²) in [6.07, 6.45) is 0.671. The fourth-order valence-corrected chi connectivity index (χ4v) is 5.34. The molecule has 3 aromatic carbocycles. The van der Waals surface area contributed by atoms with Crippen molar-refractivity contribution in [2.24, 2.45) is 0 Å². The summed E-state index contributed by atoms with van der Waals surface area (Å²) in [7, 11) is 0. The van der Waals surface area contributed by atoms with Crippen LogP contribution in [-0.2, 0) is 16.8 Å². The van der Waals surface area contributed by atoms with Gasteiger partial charge >= 0.3 is 6.03 Å². The number of carbonyl (C=O) groups excluding carboxylic acids is 3. The predicted octanol–water partition coefficient (Wildman–Crippen LogP) is 5.31. The minimum absolute atomic E-state index is 0.314. The lowest BCUT2D eigenvalue weighted by Gasteiger charge is -2.35. The summed E-state index contributed by atoms with van der Waals surface area (Å²) in [6.45, 7) is 2.25. The highest BCUT2D eigenvalue weighted by Crippen LogP contribution is 2.45. The lowest BCUT2D eigenvalue weighted by molar-refractivity contribution is -0.125. The van der Waals surface area contributed by atoms with Crippen LogP contribution in [0.4, 0.5) is 16.2 Å². The number of aromatic amines is 1. The smallest absolute Gasteiger partial charge is 0.332 e. The van der Waals surface area contributed by atoms with E-state index in [1.54, 1.807) is 60.4 Å². The molecule has 1 saturated heterocycles. The summed E-state index contributed by atoms with van der Waals surface area (Å²) in [6, 6.07) is 20.9. The van der Waals surface area contributed by atoms with Crippen molar-refractivity contribution in [3.8, 4) is 0 Å². The van der Waals surface area contributed by atoms with Crippen LogP contribution in [0.2, 0.25) is 5.02 Å². The Morgan fingerprint density at radius 1 is 1.03 bits per heavy atom. The summed E-state index contributed by atoms with van der Waals surface area (Å²) < 4.78 is 0. The van der Waals surface area contributed by atoms with Gasteiger partial charge in [0.1, 0.15) is 0 Å². The first-order valence-electron chi connectivity index (χ1n) is 11.3. The molecule has 1 aromatic heterocycles. The van der Waals surface area contributed by atoms with Gasteiger partial charge in [-0.05, 0) is 67.4 Å². The molecule has 3 heterocycles. The largest absolute Gasteiger partial charge is 0.356 e. The second-order valence-corrected chi connectivity index (χ2v) is 9.37. The number of carbonyl (C=O) groups is 3. The average molecular weight is 485 g/mol. The van der Waals surface area contributed by atoms with E-state index in [-0.39, 0.29) is 17.8 Å². The van der Waals surface area contributed by atoms with Crippen molar-refractivity contribution in [3.63, 3.8) is 0 Å². The molecule has 4 amide bonds. The van der Waals surface area contributed by atoms with Gasteiger partial charge in [-0.1, -0.05) is 35.9 Å².